The Balaban J connectivity index is 1.48. The number of para-hydroxylation sites is 1. The number of carbonyl (C=O) groups excluding carboxylic acids is 3. The van der Waals surface area contributed by atoms with Crippen LogP contribution < -0.4 is 16.0 Å². The summed E-state index contributed by atoms with van der Waals surface area (Å²) in [6.45, 7) is 2.98. The first-order chi connectivity index (χ1) is 15.3. The van der Waals surface area contributed by atoms with E-state index < -0.39 is 0 Å². The average molecular weight is 477 g/mol. The van der Waals surface area contributed by atoms with Crippen LogP contribution in [0.3, 0.4) is 0 Å². The topological polar surface area (TPSA) is 90.5 Å². The summed E-state index contributed by atoms with van der Waals surface area (Å²) in [7, 11) is 0. The van der Waals surface area contributed by atoms with E-state index in [0.29, 0.717) is 41.3 Å². The Kier molecular flexibility index (Phi) is 8.36. The molecule has 2 aromatic rings. The van der Waals surface area contributed by atoms with Crippen molar-refractivity contribution in [1.82, 2.24) is 10.2 Å². The van der Waals surface area contributed by atoms with Crippen molar-refractivity contribution >= 4 is 52.4 Å². The fourth-order valence-corrected chi connectivity index (χ4v) is 4.13. The molecule has 3 N–H and O–H groups in total. The predicted octanol–water partition coefficient (Wildman–Crippen LogP) is 4.87. The number of piperidine rings is 1. The number of likely N-dealkylation sites (tertiary alicyclic amines) is 1. The maximum Gasteiger partial charge on any atom is 0.321 e. The zero-order chi connectivity index (χ0) is 23.1. The number of urea groups is 1. The van der Waals surface area contributed by atoms with Crippen molar-refractivity contribution in [3.05, 3.63) is 58.1 Å². The number of amides is 4. The van der Waals surface area contributed by atoms with Gasteiger partial charge in [0, 0.05) is 38.7 Å². The summed E-state index contributed by atoms with van der Waals surface area (Å²) in [5, 5.41) is 9.05. The molecule has 0 bridgehead atoms. The number of anilines is 2. The molecule has 0 radical (unpaired) electrons. The van der Waals surface area contributed by atoms with E-state index in [1.165, 1.54) is 12.5 Å². The first kappa shape index (κ1) is 23.9. The molecule has 3 rings (SSSR count). The van der Waals surface area contributed by atoms with Gasteiger partial charge in [0.2, 0.25) is 11.8 Å². The highest BCUT2D eigenvalue weighted by Crippen LogP contribution is 2.32. The molecule has 1 aliphatic rings. The van der Waals surface area contributed by atoms with Gasteiger partial charge in [0.15, 0.2) is 0 Å². The van der Waals surface area contributed by atoms with Gasteiger partial charge in [-0.25, -0.2) is 4.79 Å². The lowest BCUT2D eigenvalue weighted by molar-refractivity contribution is -0.119. The number of hydrogen-bond donors (Lipinski definition) is 3. The fraction of sp³-hybridized carbons (Fsp3) is 0.348. The van der Waals surface area contributed by atoms with Crippen molar-refractivity contribution in [1.29, 1.82) is 0 Å². The highest BCUT2D eigenvalue weighted by molar-refractivity contribution is 6.39. The van der Waals surface area contributed by atoms with E-state index in [1.54, 1.807) is 23.1 Å². The summed E-state index contributed by atoms with van der Waals surface area (Å²) in [6, 6.07) is 12.7. The highest BCUT2D eigenvalue weighted by Gasteiger charge is 2.24. The van der Waals surface area contributed by atoms with E-state index in [1.807, 2.05) is 24.3 Å². The Morgan fingerprint density at radius 3 is 2.19 bits per heavy atom. The van der Waals surface area contributed by atoms with Gasteiger partial charge in [-0.15, -0.1) is 0 Å². The van der Waals surface area contributed by atoms with Crippen LogP contribution in [0.25, 0.3) is 0 Å². The lowest BCUT2D eigenvalue weighted by Crippen LogP contribution is -2.40. The Labute approximate surface area is 197 Å². The minimum Gasteiger partial charge on any atom is -0.356 e. The van der Waals surface area contributed by atoms with Crippen LogP contribution in [0, 0.1) is 0 Å². The second kappa shape index (κ2) is 11.2. The molecule has 1 fully saturated rings. The average Bonchev–Trinajstić information content (AvgIpc) is 2.76. The SMILES string of the molecule is CC(=O)NCCC(=O)Nc1ccc(C2CCN(C(=O)Nc3c(Cl)cccc3Cl)CC2)cc1. The molecule has 7 nitrogen and oxygen atoms in total. The van der Waals surface area contributed by atoms with E-state index in [-0.39, 0.29) is 24.3 Å². The van der Waals surface area contributed by atoms with Gasteiger partial charge in [-0.3, -0.25) is 9.59 Å². The molecule has 0 aromatic heterocycles. The van der Waals surface area contributed by atoms with Crippen LogP contribution in [0.5, 0.6) is 0 Å². The molecule has 0 spiro atoms. The fourth-order valence-electron chi connectivity index (χ4n) is 3.63. The third kappa shape index (κ3) is 6.61. The number of benzene rings is 2. The molecule has 0 unspecified atom stereocenters. The number of halogens is 2. The van der Waals surface area contributed by atoms with Gasteiger partial charge in [0.25, 0.3) is 0 Å². The number of hydrogen-bond acceptors (Lipinski definition) is 3. The summed E-state index contributed by atoms with van der Waals surface area (Å²) in [6.07, 6.45) is 1.90. The zero-order valence-corrected chi connectivity index (χ0v) is 19.3. The minimum absolute atomic E-state index is 0.149. The molecular formula is C23H26Cl2N4O3. The number of nitrogens with one attached hydrogen (secondary N) is 3. The summed E-state index contributed by atoms with van der Waals surface area (Å²) < 4.78 is 0. The Morgan fingerprint density at radius 1 is 0.969 bits per heavy atom. The number of rotatable bonds is 6. The Hall–Kier alpha value is -2.77. The van der Waals surface area contributed by atoms with Gasteiger partial charge < -0.3 is 20.9 Å². The van der Waals surface area contributed by atoms with Crippen molar-refractivity contribution in [3.8, 4) is 0 Å². The normalized spacial score (nSPS) is 14.0. The second-order valence-electron chi connectivity index (χ2n) is 7.69. The van der Waals surface area contributed by atoms with Gasteiger partial charge in [-0.05, 0) is 48.6 Å². The third-order valence-corrected chi connectivity index (χ3v) is 6.00. The molecule has 0 atom stereocenters. The van der Waals surface area contributed by atoms with Gasteiger partial charge in [0.05, 0.1) is 15.7 Å². The summed E-state index contributed by atoms with van der Waals surface area (Å²) >= 11 is 12.3. The van der Waals surface area contributed by atoms with Crippen LogP contribution in [-0.4, -0.2) is 42.4 Å². The minimum atomic E-state index is -0.212. The molecule has 1 saturated heterocycles. The maximum atomic E-state index is 12.6. The van der Waals surface area contributed by atoms with E-state index in [4.69, 9.17) is 23.2 Å². The predicted molar refractivity (Wildman–Crippen MR) is 127 cm³/mol. The number of carbonyl (C=O) groups is 3. The Morgan fingerprint density at radius 2 is 1.59 bits per heavy atom. The highest BCUT2D eigenvalue weighted by atomic mass is 35.5. The van der Waals surface area contributed by atoms with Crippen LogP contribution in [-0.2, 0) is 9.59 Å². The van der Waals surface area contributed by atoms with E-state index >= 15 is 0 Å². The Bertz CT molecular complexity index is 953. The van der Waals surface area contributed by atoms with Gasteiger partial charge >= 0.3 is 6.03 Å². The van der Waals surface area contributed by atoms with Crippen molar-refractivity contribution in [3.63, 3.8) is 0 Å². The van der Waals surface area contributed by atoms with Crippen LogP contribution in [0.15, 0.2) is 42.5 Å². The third-order valence-electron chi connectivity index (χ3n) is 5.37. The first-order valence-corrected chi connectivity index (χ1v) is 11.2. The quantitative estimate of drug-likeness (QED) is 0.555. The van der Waals surface area contributed by atoms with Crippen LogP contribution in [0.2, 0.25) is 10.0 Å². The van der Waals surface area contributed by atoms with E-state index in [0.717, 1.165) is 18.5 Å². The van der Waals surface area contributed by atoms with E-state index in [2.05, 4.69) is 16.0 Å². The molecular weight excluding hydrogens is 451 g/mol. The summed E-state index contributed by atoms with van der Waals surface area (Å²) in [5.41, 5.74) is 2.32. The summed E-state index contributed by atoms with van der Waals surface area (Å²) in [4.78, 5) is 37.2. The summed E-state index contributed by atoms with van der Waals surface area (Å²) in [5.74, 6) is 0.0373. The lowest BCUT2D eigenvalue weighted by Gasteiger charge is -2.32. The number of nitrogens with zero attached hydrogens (tertiary/aromatic N) is 1. The standard InChI is InChI=1S/C23H26Cl2N4O3/c1-15(30)26-12-9-21(31)27-18-7-5-16(6-8-18)17-10-13-29(14-11-17)23(32)28-22-19(24)3-2-4-20(22)25/h2-8,17H,9-14H2,1H3,(H,26,30)(H,27,31)(H,28,32). The molecule has 170 valence electrons. The van der Waals surface area contributed by atoms with Crippen LogP contribution in [0.4, 0.5) is 16.2 Å². The molecule has 1 heterocycles. The lowest BCUT2D eigenvalue weighted by atomic mass is 9.89. The van der Waals surface area contributed by atoms with Crippen molar-refractivity contribution in [2.24, 2.45) is 0 Å². The molecule has 9 heteroatoms. The molecule has 0 aliphatic carbocycles. The van der Waals surface area contributed by atoms with E-state index in [9.17, 15) is 14.4 Å². The van der Waals surface area contributed by atoms with Crippen molar-refractivity contribution in [2.45, 2.75) is 32.1 Å². The first-order valence-electron chi connectivity index (χ1n) is 10.5. The van der Waals surface area contributed by atoms with Crippen LogP contribution >= 0.6 is 23.2 Å². The maximum absolute atomic E-state index is 12.6. The van der Waals surface area contributed by atoms with Gasteiger partial charge in [0.1, 0.15) is 0 Å². The van der Waals surface area contributed by atoms with Crippen molar-refractivity contribution < 1.29 is 14.4 Å². The molecule has 32 heavy (non-hydrogen) atoms. The zero-order valence-electron chi connectivity index (χ0n) is 17.8. The largest absolute Gasteiger partial charge is 0.356 e. The molecule has 4 amide bonds. The molecule has 1 aliphatic heterocycles. The molecule has 2 aromatic carbocycles. The second-order valence-corrected chi connectivity index (χ2v) is 8.51. The molecule has 0 saturated carbocycles. The van der Waals surface area contributed by atoms with Gasteiger partial charge in [-0.1, -0.05) is 41.4 Å². The smallest absolute Gasteiger partial charge is 0.321 e. The van der Waals surface area contributed by atoms with Crippen molar-refractivity contribution in [2.75, 3.05) is 30.3 Å². The monoisotopic (exact) mass is 476 g/mol. The van der Waals surface area contributed by atoms with Gasteiger partial charge in [-0.2, -0.15) is 0 Å². The van der Waals surface area contributed by atoms with Crippen LogP contribution in [0.1, 0.15) is 37.7 Å².